The Bertz CT molecular complexity index is 1410. The second kappa shape index (κ2) is 11.3. The van der Waals surface area contributed by atoms with Crippen molar-refractivity contribution in [3.63, 3.8) is 0 Å². The lowest BCUT2D eigenvalue weighted by atomic mass is 9.68. The molecule has 0 saturated carbocycles. The molecule has 0 radical (unpaired) electrons. The van der Waals surface area contributed by atoms with Crippen LogP contribution in [0.3, 0.4) is 0 Å². The minimum absolute atomic E-state index is 0.404. The van der Waals surface area contributed by atoms with Gasteiger partial charge >= 0.3 is 5.97 Å². The molecule has 11 atom stereocenters. The molecule has 43 heavy (non-hydrogen) atoms. The van der Waals surface area contributed by atoms with Crippen LogP contribution in [-0.2, 0) is 15.1 Å². The molecule has 0 bridgehead atoms. The van der Waals surface area contributed by atoms with E-state index in [1.165, 1.54) is 18.2 Å². The number of aromatic carboxylic acids is 1. The first-order valence-electron chi connectivity index (χ1n) is 13.1. The monoisotopic (exact) mass is 610 g/mol. The van der Waals surface area contributed by atoms with E-state index in [1.54, 1.807) is 0 Å². The average Bonchev–Trinajstić information content (AvgIpc) is 2.98. The lowest BCUT2D eigenvalue weighted by Crippen LogP contribution is -2.65. The van der Waals surface area contributed by atoms with Crippen molar-refractivity contribution in [3.05, 3.63) is 58.1 Å². The maximum Gasteiger partial charge on any atom is 0.335 e. The maximum atomic E-state index is 13.9. The van der Waals surface area contributed by atoms with Gasteiger partial charge in [-0.3, -0.25) is 4.79 Å². The maximum absolute atomic E-state index is 13.9. The van der Waals surface area contributed by atoms with Crippen LogP contribution in [0.4, 0.5) is 0 Å². The molecule has 2 fully saturated rings. The van der Waals surface area contributed by atoms with E-state index in [9.17, 15) is 65.8 Å². The Hall–Kier alpha value is -3.26. The minimum atomic E-state index is -2.77. The van der Waals surface area contributed by atoms with E-state index in [2.05, 4.69) is 0 Å². The summed E-state index contributed by atoms with van der Waals surface area (Å²) < 4.78 is 16.7. The number of hydrogen-bond donors (Lipinski definition) is 11. The largest absolute Gasteiger partial charge is 0.507 e. The second-order valence-electron chi connectivity index (χ2n) is 10.6. The van der Waals surface area contributed by atoms with Gasteiger partial charge in [0.1, 0.15) is 72.0 Å². The molecule has 0 aromatic heterocycles. The first-order chi connectivity index (χ1) is 20.3. The van der Waals surface area contributed by atoms with Crippen molar-refractivity contribution in [3.8, 4) is 11.5 Å². The lowest BCUT2D eigenvalue weighted by molar-refractivity contribution is -0.277. The van der Waals surface area contributed by atoms with Crippen LogP contribution in [0.5, 0.6) is 11.5 Å². The molecule has 2 heterocycles. The first-order valence-corrected chi connectivity index (χ1v) is 13.1. The van der Waals surface area contributed by atoms with Gasteiger partial charge in [0.2, 0.25) is 12.1 Å². The summed E-state index contributed by atoms with van der Waals surface area (Å²) in [4.78, 5) is 25.8. The fraction of sp³-hybridized carbons (Fsp3) is 0.481. The second-order valence-corrected chi connectivity index (χ2v) is 10.6. The number of ketones is 1. The molecule has 11 unspecified atom stereocenters. The summed E-state index contributed by atoms with van der Waals surface area (Å²) in [6.45, 7) is -1.68. The number of carbonyl (C=O) groups excluding carboxylic acids is 1. The van der Waals surface area contributed by atoms with E-state index < -0.39 is 131 Å². The number of phenols is 1. The molecule has 1 aliphatic carbocycles. The molecule has 2 aromatic carbocycles. The summed E-state index contributed by atoms with van der Waals surface area (Å²) in [5, 5.41) is 115. The van der Waals surface area contributed by atoms with E-state index >= 15 is 0 Å². The zero-order valence-corrected chi connectivity index (χ0v) is 22.0. The van der Waals surface area contributed by atoms with Crippen LogP contribution in [0, 0.1) is 0 Å². The zero-order valence-electron chi connectivity index (χ0n) is 22.0. The van der Waals surface area contributed by atoms with Crippen LogP contribution in [0.1, 0.15) is 37.4 Å². The molecule has 234 valence electrons. The van der Waals surface area contributed by atoms with E-state index in [4.69, 9.17) is 14.2 Å². The number of rotatable bonds is 6. The molecular formula is C27H30O16. The number of fused-ring (bicyclic) bond motifs is 2. The number of aliphatic hydroxyl groups is 9. The SMILES string of the molecule is O=C(O)c1cc(O)c2c(c1)C(O)(C1OC(CO)C(O)C(O)C1O)c1cccc(OC3OC(CO)C(O)C(O)C3O)c1C2=O. The Balaban J connectivity index is 1.71. The smallest absolute Gasteiger partial charge is 0.335 e. The summed E-state index contributed by atoms with van der Waals surface area (Å²) in [6, 6.07) is 5.18. The van der Waals surface area contributed by atoms with Crippen molar-refractivity contribution >= 4 is 11.8 Å². The van der Waals surface area contributed by atoms with Gasteiger partial charge in [-0.2, -0.15) is 0 Å². The highest BCUT2D eigenvalue weighted by molar-refractivity contribution is 6.16. The number of ether oxygens (including phenoxy) is 3. The molecule has 16 nitrogen and oxygen atoms in total. The molecular weight excluding hydrogens is 580 g/mol. The molecule has 5 rings (SSSR count). The third kappa shape index (κ3) is 4.77. The number of aliphatic hydroxyl groups excluding tert-OH is 8. The first kappa shape index (κ1) is 31.2. The Morgan fingerprint density at radius 1 is 0.814 bits per heavy atom. The molecule has 3 aliphatic rings. The number of phenolic OH excluding ortho intramolecular Hbond substituents is 1. The highest BCUT2D eigenvalue weighted by Gasteiger charge is 2.58. The topological polar surface area (TPSA) is 284 Å². The molecule has 2 saturated heterocycles. The minimum Gasteiger partial charge on any atom is -0.507 e. The van der Waals surface area contributed by atoms with E-state index in [-0.39, 0.29) is 0 Å². The van der Waals surface area contributed by atoms with Crippen LogP contribution in [0.15, 0.2) is 30.3 Å². The van der Waals surface area contributed by atoms with E-state index in [0.29, 0.717) is 0 Å². The van der Waals surface area contributed by atoms with Crippen molar-refractivity contribution in [2.24, 2.45) is 0 Å². The van der Waals surface area contributed by atoms with Gasteiger partial charge in [0, 0.05) is 11.1 Å². The van der Waals surface area contributed by atoms with Crippen molar-refractivity contribution < 1.29 is 80.0 Å². The van der Waals surface area contributed by atoms with Gasteiger partial charge in [-0.15, -0.1) is 0 Å². The Morgan fingerprint density at radius 3 is 2.02 bits per heavy atom. The third-order valence-electron chi connectivity index (χ3n) is 8.06. The van der Waals surface area contributed by atoms with Gasteiger partial charge in [0.25, 0.3) is 0 Å². The molecule has 16 heteroatoms. The Morgan fingerprint density at radius 2 is 1.42 bits per heavy atom. The number of carboxylic acids is 1. The Labute approximate surface area is 241 Å². The number of hydrogen-bond acceptors (Lipinski definition) is 15. The number of carbonyl (C=O) groups is 2. The predicted molar refractivity (Wildman–Crippen MR) is 136 cm³/mol. The van der Waals surface area contributed by atoms with Gasteiger partial charge in [-0.25, -0.2) is 4.79 Å². The summed E-state index contributed by atoms with van der Waals surface area (Å²) in [7, 11) is 0. The average molecular weight is 611 g/mol. The van der Waals surface area contributed by atoms with Crippen molar-refractivity contribution in [2.45, 2.75) is 66.8 Å². The van der Waals surface area contributed by atoms with Crippen molar-refractivity contribution in [1.82, 2.24) is 0 Å². The molecule has 0 spiro atoms. The van der Waals surface area contributed by atoms with Crippen LogP contribution >= 0.6 is 0 Å². The number of aromatic hydroxyl groups is 1. The standard InChI is InChI=1S/C27H30O16/c28-6-13-17(31)20(34)22(36)24(41-13)27(40)9-2-1-3-12(42-26-23(37)21(35)18(32)14(7-29)43-26)16(9)19(33)15-10(27)4-8(25(38)39)5-11(15)30/h1-5,13-14,17-18,20-24,26,28-32,34-37,40H,6-7H2,(H,38,39). The van der Waals surface area contributed by atoms with Crippen LogP contribution in [0.2, 0.25) is 0 Å². The van der Waals surface area contributed by atoms with E-state index in [0.717, 1.165) is 12.1 Å². The normalized spacial score (nSPS) is 37.4. The summed E-state index contributed by atoms with van der Waals surface area (Å²) in [5.41, 5.74) is -5.48. The lowest BCUT2D eigenvalue weighted by Gasteiger charge is -2.49. The van der Waals surface area contributed by atoms with Crippen LogP contribution < -0.4 is 4.74 Å². The number of carboxylic acid groups (broad SMARTS) is 1. The highest BCUT2D eigenvalue weighted by Crippen LogP contribution is 2.50. The van der Waals surface area contributed by atoms with Crippen LogP contribution in [0.25, 0.3) is 0 Å². The summed E-state index contributed by atoms with van der Waals surface area (Å²) in [6.07, 6.45) is -18.2. The predicted octanol–water partition coefficient (Wildman–Crippen LogP) is -4.11. The fourth-order valence-electron chi connectivity index (χ4n) is 5.78. The molecule has 2 aromatic rings. The quantitative estimate of drug-likeness (QED) is 0.148. The van der Waals surface area contributed by atoms with Gasteiger partial charge in [0.15, 0.2) is 0 Å². The Kier molecular flexibility index (Phi) is 8.22. The van der Waals surface area contributed by atoms with Gasteiger partial charge < -0.3 is 70.4 Å². The molecule has 11 N–H and O–H groups in total. The van der Waals surface area contributed by atoms with Crippen molar-refractivity contribution in [2.75, 3.05) is 13.2 Å². The van der Waals surface area contributed by atoms with E-state index in [1.807, 2.05) is 0 Å². The summed E-state index contributed by atoms with van der Waals surface area (Å²) >= 11 is 0. The highest BCUT2D eigenvalue weighted by atomic mass is 16.7. The van der Waals surface area contributed by atoms with Gasteiger partial charge in [-0.05, 0) is 18.2 Å². The summed E-state index contributed by atoms with van der Waals surface area (Å²) in [5.74, 6) is -3.93. The zero-order chi connectivity index (χ0) is 31.5. The molecule has 2 aliphatic heterocycles. The van der Waals surface area contributed by atoms with Gasteiger partial charge in [-0.1, -0.05) is 12.1 Å². The molecule has 0 amide bonds. The van der Waals surface area contributed by atoms with Crippen molar-refractivity contribution in [1.29, 1.82) is 0 Å². The van der Waals surface area contributed by atoms with Crippen LogP contribution in [-0.4, -0.2) is 142 Å². The van der Waals surface area contributed by atoms with Gasteiger partial charge in [0.05, 0.1) is 29.9 Å². The number of benzene rings is 2. The third-order valence-corrected chi connectivity index (χ3v) is 8.06. The fourth-order valence-corrected chi connectivity index (χ4v) is 5.78.